The third kappa shape index (κ3) is 1.90. The van der Waals surface area contributed by atoms with E-state index in [0.29, 0.717) is 0 Å². The van der Waals surface area contributed by atoms with Crippen LogP contribution in [0.2, 0.25) is 0 Å². The maximum absolute atomic E-state index is 4.30. The molecule has 1 aliphatic heterocycles. The summed E-state index contributed by atoms with van der Waals surface area (Å²) in [6, 6.07) is 0. The number of rotatable bonds is 1. The van der Waals surface area contributed by atoms with E-state index in [1.165, 1.54) is 0 Å². The topological polar surface area (TPSA) is 29.0 Å². The smallest absolute Gasteiger partial charge is 0.225 e. The Morgan fingerprint density at radius 1 is 1.21 bits per heavy atom. The molecule has 0 spiro atoms. The number of nitrogens with zero attached hydrogens (tertiary/aromatic N) is 3. The lowest BCUT2D eigenvalue weighted by Crippen LogP contribution is -2.21. The molecule has 2 rings (SSSR count). The van der Waals surface area contributed by atoms with Crippen LogP contribution in [0.3, 0.4) is 0 Å². The fourth-order valence-corrected chi connectivity index (χ4v) is 1.97. The van der Waals surface area contributed by atoms with Crippen molar-refractivity contribution in [3.8, 4) is 0 Å². The van der Waals surface area contributed by atoms with E-state index in [0.717, 1.165) is 35.3 Å². The van der Waals surface area contributed by atoms with Crippen LogP contribution in [-0.4, -0.2) is 23.1 Å². The number of anilines is 1. The minimum Gasteiger partial charge on any atom is -0.340 e. The predicted octanol–water partition coefficient (Wildman–Crippen LogP) is 2.33. The predicted molar refractivity (Wildman–Crippen MR) is 60.3 cm³/mol. The Labute approximate surface area is 92.7 Å². The van der Waals surface area contributed by atoms with E-state index in [4.69, 9.17) is 0 Å². The summed E-state index contributed by atoms with van der Waals surface area (Å²) in [6.07, 6.45) is 3.60. The Hall–Kier alpha value is -0.640. The van der Waals surface area contributed by atoms with Crippen molar-refractivity contribution in [3.05, 3.63) is 16.9 Å². The monoisotopic (exact) mass is 255 g/mol. The van der Waals surface area contributed by atoms with Crippen LogP contribution < -0.4 is 4.90 Å². The van der Waals surface area contributed by atoms with Crippen LogP contribution in [0.25, 0.3) is 0 Å². The second kappa shape index (κ2) is 3.85. The molecule has 0 aliphatic carbocycles. The summed E-state index contributed by atoms with van der Waals surface area (Å²) in [7, 11) is 0. The Balaban J connectivity index is 2.13. The van der Waals surface area contributed by atoms with Crippen LogP contribution >= 0.6 is 15.9 Å². The molecule has 2 atom stereocenters. The van der Waals surface area contributed by atoms with Crippen molar-refractivity contribution < 1.29 is 0 Å². The molecule has 0 saturated carbocycles. The van der Waals surface area contributed by atoms with Crippen molar-refractivity contribution in [2.45, 2.75) is 13.8 Å². The molecule has 3 nitrogen and oxygen atoms in total. The summed E-state index contributed by atoms with van der Waals surface area (Å²) in [5, 5.41) is 0. The first-order valence-corrected chi connectivity index (χ1v) is 5.68. The quantitative estimate of drug-likeness (QED) is 0.772. The molecule has 14 heavy (non-hydrogen) atoms. The lowest BCUT2D eigenvalue weighted by atomic mass is 10.0. The van der Waals surface area contributed by atoms with Crippen LogP contribution in [0.5, 0.6) is 0 Å². The van der Waals surface area contributed by atoms with Crippen LogP contribution in [0.4, 0.5) is 5.95 Å². The molecule has 1 fully saturated rings. The van der Waals surface area contributed by atoms with E-state index >= 15 is 0 Å². The van der Waals surface area contributed by atoms with Gasteiger partial charge in [0.2, 0.25) is 5.95 Å². The first-order valence-electron chi connectivity index (χ1n) is 4.89. The van der Waals surface area contributed by atoms with Gasteiger partial charge < -0.3 is 4.90 Å². The molecule has 0 N–H and O–H groups in total. The fourth-order valence-electron chi connectivity index (χ4n) is 1.76. The molecule has 0 radical (unpaired) electrons. The van der Waals surface area contributed by atoms with Crippen molar-refractivity contribution in [3.63, 3.8) is 0 Å². The van der Waals surface area contributed by atoms with E-state index in [1.807, 2.05) is 0 Å². The molecule has 76 valence electrons. The molecule has 0 amide bonds. The summed E-state index contributed by atoms with van der Waals surface area (Å²) in [5.74, 6) is 2.33. The van der Waals surface area contributed by atoms with E-state index in [-0.39, 0.29) is 0 Å². The Morgan fingerprint density at radius 2 is 1.71 bits per heavy atom. The van der Waals surface area contributed by atoms with E-state index < -0.39 is 0 Å². The molecule has 4 heteroatoms. The van der Waals surface area contributed by atoms with E-state index in [2.05, 4.69) is 44.6 Å². The maximum Gasteiger partial charge on any atom is 0.225 e. The van der Waals surface area contributed by atoms with Gasteiger partial charge in [0.25, 0.3) is 0 Å². The van der Waals surface area contributed by atoms with Gasteiger partial charge in [-0.2, -0.15) is 0 Å². The van der Waals surface area contributed by atoms with Gasteiger partial charge in [0.15, 0.2) is 0 Å². The number of hydrogen-bond acceptors (Lipinski definition) is 3. The second-order valence-corrected chi connectivity index (χ2v) is 4.98. The molecular weight excluding hydrogens is 242 g/mol. The van der Waals surface area contributed by atoms with Crippen LogP contribution in [0, 0.1) is 11.8 Å². The second-order valence-electron chi connectivity index (χ2n) is 4.06. The minimum atomic E-state index is 0.738. The van der Waals surface area contributed by atoms with Crippen molar-refractivity contribution in [1.82, 2.24) is 9.97 Å². The largest absolute Gasteiger partial charge is 0.340 e. The van der Waals surface area contributed by atoms with Crippen molar-refractivity contribution in [2.75, 3.05) is 18.0 Å². The van der Waals surface area contributed by atoms with Gasteiger partial charge in [-0.3, -0.25) is 0 Å². The average molecular weight is 256 g/mol. The zero-order valence-electron chi connectivity index (χ0n) is 8.44. The van der Waals surface area contributed by atoms with Crippen molar-refractivity contribution in [1.29, 1.82) is 0 Å². The van der Waals surface area contributed by atoms with Crippen LogP contribution in [-0.2, 0) is 0 Å². The van der Waals surface area contributed by atoms with Crippen LogP contribution in [0.15, 0.2) is 16.9 Å². The molecule has 1 aliphatic rings. The highest BCUT2D eigenvalue weighted by molar-refractivity contribution is 9.10. The third-order valence-electron chi connectivity index (χ3n) is 2.88. The summed E-state index contributed by atoms with van der Waals surface area (Å²) in [4.78, 5) is 10.8. The normalized spacial score (nSPS) is 26.9. The molecular formula is C10H14BrN3. The van der Waals surface area contributed by atoms with Gasteiger partial charge in [0.1, 0.15) is 0 Å². The highest BCUT2D eigenvalue weighted by atomic mass is 79.9. The molecule has 2 heterocycles. The van der Waals surface area contributed by atoms with E-state index in [1.54, 1.807) is 12.4 Å². The third-order valence-corrected chi connectivity index (χ3v) is 3.29. The molecule has 1 aromatic heterocycles. The number of halogens is 1. The van der Waals surface area contributed by atoms with Crippen molar-refractivity contribution in [2.24, 2.45) is 11.8 Å². The van der Waals surface area contributed by atoms with Gasteiger partial charge in [0.05, 0.1) is 4.47 Å². The van der Waals surface area contributed by atoms with Crippen molar-refractivity contribution >= 4 is 21.9 Å². The van der Waals surface area contributed by atoms with Crippen LogP contribution in [0.1, 0.15) is 13.8 Å². The zero-order valence-corrected chi connectivity index (χ0v) is 10.0. The lowest BCUT2D eigenvalue weighted by Gasteiger charge is -2.14. The number of aromatic nitrogens is 2. The van der Waals surface area contributed by atoms with Gasteiger partial charge in [-0.15, -0.1) is 0 Å². The molecule has 1 aromatic rings. The Bertz CT molecular complexity index is 302. The fraction of sp³-hybridized carbons (Fsp3) is 0.600. The van der Waals surface area contributed by atoms with Gasteiger partial charge in [-0.05, 0) is 27.8 Å². The standard InChI is InChI=1S/C10H14BrN3/c1-7-5-14(6-8(7)2)10-12-3-9(11)4-13-10/h3-4,7-8H,5-6H2,1-2H3. The average Bonchev–Trinajstić information content (AvgIpc) is 2.48. The Morgan fingerprint density at radius 3 is 2.21 bits per heavy atom. The highest BCUT2D eigenvalue weighted by Gasteiger charge is 2.27. The molecule has 1 saturated heterocycles. The summed E-state index contributed by atoms with van der Waals surface area (Å²) in [5.41, 5.74) is 0. The zero-order chi connectivity index (χ0) is 10.1. The van der Waals surface area contributed by atoms with Gasteiger partial charge >= 0.3 is 0 Å². The highest BCUT2D eigenvalue weighted by Crippen LogP contribution is 2.25. The molecule has 0 aromatic carbocycles. The van der Waals surface area contributed by atoms with Gasteiger partial charge in [-0.25, -0.2) is 9.97 Å². The summed E-state index contributed by atoms with van der Waals surface area (Å²) >= 11 is 3.33. The van der Waals surface area contributed by atoms with Gasteiger partial charge in [0, 0.05) is 25.5 Å². The first kappa shape index (κ1) is 9.90. The lowest BCUT2D eigenvalue weighted by molar-refractivity contribution is 0.494. The SMILES string of the molecule is CC1CN(c2ncc(Br)cn2)CC1C. The number of hydrogen-bond donors (Lipinski definition) is 0. The first-order chi connectivity index (χ1) is 6.66. The maximum atomic E-state index is 4.30. The van der Waals surface area contributed by atoms with Gasteiger partial charge in [-0.1, -0.05) is 13.8 Å². The van der Waals surface area contributed by atoms with E-state index in [9.17, 15) is 0 Å². The molecule has 0 bridgehead atoms. The molecule has 2 unspecified atom stereocenters. The Kier molecular flexibility index (Phi) is 2.72. The summed E-state index contributed by atoms with van der Waals surface area (Å²) in [6.45, 7) is 6.71. The summed E-state index contributed by atoms with van der Waals surface area (Å²) < 4.78 is 0.932. The minimum absolute atomic E-state index is 0.738.